The molecule has 5 nitrogen and oxygen atoms in total. The van der Waals surface area contributed by atoms with Crippen LogP contribution >= 0.6 is 0 Å². The van der Waals surface area contributed by atoms with E-state index >= 15 is 0 Å². The summed E-state index contributed by atoms with van der Waals surface area (Å²) in [6.07, 6.45) is 1.35. The zero-order valence-electron chi connectivity index (χ0n) is 12.9. The standard InChI is InChI=1S/C14H29NO4/c1-6-8-15-14(5,12(16)17)7-9-18-10-11-19-13(2,3)4/h15H,6-11H2,1-5H3,(H,16,17). The molecule has 0 aromatic rings. The summed E-state index contributed by atoms with van der Waals surface area (Å²) in [4.78, 5) is 11.2. The van der Waals surface area contributed by atoms with Crippen molar-refractivity contribution in [3.05, 3.63) is 0 Å². The lowest BCUT2D eigenvalue weighted by Crippen LogP contribution is -2.50. The van der Waals surface area contributed by atoms with Crippen LogP contribution in [0.3, 0.4) is 0 Å². The fourth-order valence-corrected chi connectivity index (χ4v) is 1.46. The molecule has 0 saturated carbocycles. The Hall–Kier alpha value is -0.650. The van der Waals surface area contributed by atoms with Crippen molar-refractivity contribution >= 4 is 5.97 Å². The van der Waals surface area contributed by atoms with E-state index < -0.39 is 11.5 Å². The van der Waals surface area contributed by atoms with Gasteiger partial charge in [0, 0.05) is 6.61 Å². The number of carboxylic acid groups (broad SMARTS) is 1. The number of hydrogen-bond donors (Lipinski definition) is 2. The van der Waals surface area contributed by atoms with Gasteiger partial charge in [0.15, 0.2) is 0 Å². The third-order valence-corrected chi connectivity index (χ3v) is 2.75. The number of nitrogens with one attached hydrogen (secondary N) is 1. The number of carbonyl (C=O) groups is 1. The van der Waals surface area contributed by atoms with E-state index in [1.165, 1.54) is 0 Å². The lowest BCUT2D eigenvalue weighted by atomic mass is 9.98. The molecule has 5 heteroatoms. The van der Waals surface area contributed by atoms with Crippen molar-refractivity contribution in [1.29, 1.82) is 0 Å². The number of aliphatic carboxylic acids is 1. The Kier molecular flexibility index (Phi) is 8.22. The Morgan fingerprint density at radius 2 is 1.79 bits per heavy atom. The molecule has 2 N–H and O–H groups in total. The summed E-state index contributed by atoms with van der Waals surface area (Å²) in [5.74, 6) is -0.838. The van der Waals surface area contributed by atoms with Crippen LogP contribution in [0.4, 0.5) is 0 Å². The maximum atomic E-state index is 11.2. The first kappa shape index (κ1) is 18.4. The fraction of sp³-hybridized carbons (Fsp3) is 0.929. The molecule has 0 fully saturated rings. The van der Waals surface area contributed by atoms with Crippen LogP contribution < -0.4 is 5.32 Å². The first-order valence-electron chi connectivity index (χ1n) is 6.91. The van der Waals surface area contributed by atoms with Crippen LogP contribution in [0.15, 0.2) is 0 Å². The van der Waals surface area contributed by atoms with Crippen molar-refractivity contribution in [3.8, 4) is 0 Å². The molecule has 1 atom stereocenters. The van der Waals surface area contributed by atoms with E-state index in [1.54, 1.807) is 6.92 Å². The van der Waals surface area contributed by atoms with Gasteiger partial charge < -0.3 is 19.9 Å². The quantitative estimate of drug-likeness (QED) is 0.597. The molecule has 0 radical (unpaired) electrons. The predicted octanol–water partition coefficient (Wildman–Crippen LogP) is 2.05. The molecule has 0 spiro atoms. The van der Waals surface area contributed by atoms with E-state index in [2.05, 4.69) is 5.32 Å². The Bertz CT molecular complexity index is 263. The summed E-state index contributed by atoms with van der Waals surface area (Å²) >= 11 is 0. The third-order valence-electron chi connectivity index (χ3n) is 2.75. The Balaban J connectivity index is 3.85. The normalized spacial score (nSPS) is 15.2. The van der Waals surface area contributed by atoms with Crippen LogP contribution in [0.25, 0.3) is 0 Å². The molecule has 114 valence electrons. The summed E-state index contributed by atoms with van der Waals surface area (Å²) in [6, 6.07) is 0. The van der Waals surface area contributed by atoms with Crippen LogP contribution in [-0.2, 0) is 14.3 Å². The van der Waals surface area contributed by atoms with Gasteiger partial charge in [-0.05, 0) is 47.1 Å². The van der Waals surface area contributed by atoms with Crippen molar-refractivity contribution < 1.29 is 19.4 Å². The Labute approximate surface area is 116 Å². The molecule has 0 bridgehead atoms. The van der Waals surface area contributed by atoms with E-state index in [0.29, 0.717) is 32.8 Å². The SMILES string of the molecule is CCCNC(C)(CCOCCOC(C)(C)C)C(=O)O. The molecular formula is C14H29NO4. The highest BCUT2D eigenvalue weighted by Gasteiger charge is 2.31. The predicted molar refractivity (Wildman–Crippen MR) is 75.5 cm³/mol. The minimum absolute atomic E-state index is 0.165. The first-order chi connectivity index (χ1) is 8.71. The molecule has 0 amide bonds. The van der Waals surface area contributed by atoms with Gasteiger partial charge in [-0.1, -0.05) is 6.92 Å². The molecule has 0 aliphatic heterocycles. The Morgan fingerprint density at radius 1 is 1.16 bits per heavy atom. The van der Waals surface area contributed by atoms with Crippen molar-refractivity contribution in [1.82, 2.24) is 5.32 Å². The second-order valence-corrected chi connectivity index (χ2v) is 5.89. The van der Waals surface area contributed by atoms with E-state index in [4.69, 9.17) is 9.47 Å². The molecule has 0 aliphatic rings. The van der Waals surface area contributed by atoms with Gasteiger partial charge in [0.2, 0.25) is 0 Å². The summed E-state index contributed by atoms with van der Waals surface area (Å²) in [7, 11) is 0. The largest absolute Gasteiger partial charge is 0.480 e. The summed E-state index contributed by atoms with van der Waals surface area (Å²) in [6.45, 7) is 11.8. The van der Waals surface area contributed by atoms with Gasteiger partial charge in [0.05, 0.1) is 18.8 Å². The van der Waals surface area contributed by atoms with E-state index in [-0.39, 0.29) is 5.60 Å². The van der Waals surface area contributed by atoms with E-state index in [9.17, 15) is 9.90 Å². The van der Waals surface area contributed by atoms with Gasteiger partial charge >= 0.3 is 5.97 Å². The maximum absolute atomic E-state index is 11.2. The Morgan fingerprint density at radius 3 is 2.26 bits per heavy atom. The molecule has 0 aromatic carbocycles. The van der Waals surface area contributed by atoms with E-state index in [0.717, 1.165) is 6.42 Å². The van der Waals surface area contributed by atoms with Gasteiger partial charge in [0.25, 0.3) is 0 Å². The van der Waals surface area contributed by atoms with Crippen LogP contribution in [0, 0.1) is 0 Å². The summed E-state index contributed by atoms with van der Waals surface area (Å²) in [5.41, 5.74) is -1.08. The van der Waals surface area contributed by atoms with Gasteiger partial charge in [-0.15, -0.1) is 0 Å². The molecule has 0 aromatic heterocycles. The van der Waals surface area contributed by atoms with Crippen LogP contribution in [0.5, 0.6) is 0 Å². The summed E-state index contributed by atoms with van der Waals surface area (Å²) in [5, 5.41) is 12.3. The molecule has 1 unspecified atom stereocenters. The molecular weight excluding hydrogens is 246 g/mol. The number of rotatable bonds is 10. The van der Waals surface area contributed by atoms with Crippen molar-refractivity contribution in [2.24, 2.45) is 0 Å². The zero-order chi connectivity index (χ0) is 14.9. The molecule has 0 heterocycles. The lowest BCUT2D eigenvalue weighted by Gasteiger charge is -2.26. The van der Waals surface area contributed by atoms with Crippen LogP contribution in [0.2, 0.25) is 0 Å². The molecule has 0 rings (SSSR count). The van der Waals surface area contributed by atoms with Gasteiger partial charge in [-0.2, -0.15) is 0 Å². The third kappa shape index (κ3) is 8.97. The van der Waals surface area contributed by atoms with Crippen LogP contribution in [0.1, 0.15) is 47.5 Å². The number of ether oxygens (including phenoxy) is 2. The first-order valence-corrected chi connectivity index (χ1v) is 6.91. The van der Waals surface area contributed by atoms with Gasteiger partial charge in [-0.3, -0.25) is 4.79 Å². The second kappa shape index (κ2) is 8.51. The smallest absolute Gasteiger partial charge is 0.323 e. The number of hydrogen-bond acceptors (Lipinski definition) is 4. The van der Waals surface area contributed by atoms with Crippen molar-refractivity contribution in [2.45, 2.75) is 58.6 Å². The fourth-order valence-electron chi connectivity index (χ4n) is 1.46. The zero-order valence-corrected chi connectivity index (χ0v) is 12.9. The van der Waals surface area contributed by atoms with Crippen molar-refractivity contribution in [3.63, 3.8) is 0 Å². The summed E-state index contributed by atoms with van der Waals surface area (Å²) < 4.78 is 10.9. The number of carboxylic acids is 1. The van der Waals surface area contributed by atoms with Gasteiger partial charge in [0.1, 0.15) is 5.54 Å². The molecule has 0 saturated heterocycles. The maximum Gasteiger partial charge on any atom is 0.323 e. The second-order valence-electron chi connectivity index (χ2n) is 5.89. The lowest BCUT2D eigenvalue weighted by molar-refractivity contribution is -0.145. The van der Waals surface area contributed by atoms with Crippen molar-refractivity contribution in [2.75, 3.05) is 26.4 Å². The monoisotopic (exact) mass is 275 g/mol. The highest BCUT2D eigenvalue weighted by molar-refractivity contribution is 5.78. The highest BCUT2D eigenvalue weighted by atomic mass is 16.5. The van der Waals surface area contributed by atoms with E-state index in [1.807, 2.05) is 27.7 Å². The minimum atomic E-state index is -0.916. The van der Waals surface area contributed by atoms with Crippen LogP contribution in [-0.4, -0.2) is 48.6 Å². The topological polar surface area (TPSA) is 67.8 Å². The average Bonchev–Trinajstić information content (AvgIpc) is 2.29. The molecule has 0 aliphatic carbocycles. The highest BCUT2D eigenvalue weighted by Crippen LogP contribution is 2.11. The minimum Gasteiger partial charge on any atom is -0.480 e. The average molecular weight is 275 g/mol. The van der Waals surface area contributed by atoms with Gasteiger partial charge in [-0.25, -0.2) is 0 Å². The molecule has 19 heavy (non-hydrogen) atoms.